The van der Waals surface area contributed by atoms with Crippen LogP contribution in [0.25, 0.3) is 22.0 Å². The van der Waals surface area contributed by atoms with E-state index in [-0.39, 0.29) is 37.4 Å². The topological polar surface area (TPSA) is 54.8 Å². The molecule has 52 heavy (non-hydrogen) atoms. The molecule has 0 radical (unpaired) electrons. The van der Waals surface area contributed by atoms with Crippen LogP contribution in [0.4, 0.5) is 22.0 Å². The predicted molar refractivity (Wildman–Crippen MR) is 193 cm³/mol. The van der Waals surface area contributed by atoms with Crippen molar-refractivity contribution in [3.63, 3.8) is 0 Å². The number of carbonyl (C=O) groups excluding carboxylic acids is 1. The zero-order chi connectivity index (χ0) is 49.2. The highest BCUT2D eigenvalue weighted by molar-refractivity contribution is 7.98. The number of benzene rings is 4. The summed E-state index contributed by atoms with van der Waals surface area (Å²) in [4.78, 5) is 28.7. The Bertz CT molecular complexity index is 2660. The van der Waals surface area contributed by atoms with Crippen LogP contribution in [-0.2, 0) is 34.5 Å². The standard InChI is InChI=1S/C40H38F5N3O3S/c1-51-22-21-46-19-17-32(18-20-46)47(24-27-9-11-28(12-10-27)29-13-15-31(16-14-29)40(43,44)45)37(50)25-48-35-8-3-2-6-33(35)36(49)23-38(48)52-26-30-5-4-7-34(41)39(30)42/h2-16,23,32H,17-22,24-26H2,1H3/i1D3,17D2,18D2,19D2,20D2,25D2,32D. The van der Waals surface area contributed by atoms with Crippen LogP contribution in [0.1, 0.15) is 48.6 Å². The quantitative estimate of drug-likeness (QED) is 0.0948. The number of halogens is 5. The molecule has 12 heteroatoms. The van der Waals surface area contributed by atoms with Gasteiger partial charge in [-0.2, -0.15) is 13.2 Å². The first-order valence-electron chi connectivity index (χ1n) is 22.5. The molecule has 1 amide bonds. The van der Waals surface area contributed by atoms with Gasteiger partial charge in [-0.3, -0.25) is 9.59 Å². The number of hydrogen-bond donors (Lipinski definition) is 0. The van der Waals surface area contributed by atoms with Gasteiger partial charge in [-0.1, -0.05) is 60.7 Å². The first-order valence-corrected chi connectivity index (χ1v) is 16.5. The number of aromatic nitrogens is 1. The maximum atomic E-state index is 15.3. The smallest absolute Gasteiger partial charge is 0.383 e. The molecule has 5 aromatic rings. The van der Waals surface area contributed by atoms with Crippen LogP contribution in [0, 0.1) is 11.6 Å². The summed E-state index contributed by atoms with van der Waals surface area (Å²) in [6, 6.07) is 14.3. The van der Waals surface area contributed by atoms with Gasteiger partial charge in [0.15, 0.2) is 17.1 Å². The van der Waals surface area contributed by atoms with Crippen molar-refractivity contribution in [1.29, 1.82) is 0 Å². The molecule has 2 heterocycles. The van der Waals surface area contributed by atoms with Crippen molar-refractivity contribution in [2.75, 3.05) is 33.2 Å². The van der Waals surface area contributed by atoms with Crippen molar-refractivity contribution in [2.24, 2.45) is 0 Å². The second-order valence-corrected chi connectivity index (χ2v) is 12.3. The second kappa shape index (κ2) is 16.4. The molecule has 0 spiro atoms. The maximum absolute atomic E-state index is 15.3. The normalized spacial score (nSPS) is 23.2. The number of alkyl halides is 3. The van der Waals surface area contributed by atoms with Crippen LogP contribution in [0.5, 0.6) is 0 Å². The second-order valence-electron chi connectivity index (χ2n) is 11.3. The molecular weight excluding hydrogens is 698 g/mol. The maximum Gasteiger partial charge on any atom is 0.416 e. The first-order chi connectivity index (χ1) is 30.3. The number of rotatable bonds is 12. The molecule has 1 aliphatic rings. The van der Waals surface area contributed by atoms with Crippen LogP contribution >= 0.6 is 11.8 Å². The third kappa shape index (κ3) is 8.74. The van der Waals surface area contributed by atoms with Crippen molar-refractivity contribution in [1.82, 2.24) is 14.4 Å². The summed E-state index contributed by atoms with van der Waals surface area (Å²) in [5.41, 5.74) is -1.76. The lowest BCUT2D eigenvalue weighted by Gasteiger charge is -2.39. The van der Waals surface area contributed by atoms with E-state index < -0.39 is 110 Å². The fraction of sp³-hybridized carbons (Fsp3) is 0.300. The van der Waals surface area contributed by atoms with Gasteiger partial charge in [0, 0.05) is 72.9 Å². The molecule has 4 aromatic carbocycles. The van der Waals surface area contributed by atoms with Gasteiger partial charge in [0.25, 0.3) is 0 Å². The number of amides is 1. The Labute approximate surface area is 322 Å². The molecular formula is C40H38F5N3O3S. The van der Waals surface area contributed by atoms with Crippen molar-refractivity contribution >= 4 is 28.6 Å². The summed E-state index contributed by atoms with van der Waals surface area (Å²) in [6.07, 6.45) is -12.8. The molecule has 1 fully saturated rings. The molecule has 1 aromatic heterocycles. The Balaban J connectivity index is 1.54. The van der Waals surface area contributed by atoms with E-state index in [4.69, 9.17) is 9.60 Å². The minimum atomic E-state index is -4.64. The van der Waals surface area contributed by atoms with E-state index in [0.717, 1.165) is 36.4 Å². The average molecular weight is 750 g/mol. The Morgan fingerprint density at radius 2 is 1.69 bits per heavy atom. The van der Waals surface area contributed by atoms with Gasteiger partial charge in [-0.15, -0.1) is 11.8 Å². The Hall–Kier alpha value is -4.52. The molecule has 6 nitrogen and oxygen atoms in total. The van der Waals surface area contributed by atoms with Crippen molar-refractivity contribution in [3.8, 4) is 11.1 Å². The van der Waals surface area contributed by atoms with Gasteiger partial charge in [0.05, 0.1) is 30.9 Å². The zero-order valence-corrected chi connectivity index (χ0v) is 27.7. The number of pyridine rings is 1. The van der Waals surface area contributed by atoms with E-state index in [9.17, 15) is 36.3 Å². The number of nitrogens with zero attached hydrogens (tertiary/aromatic N) is 3. The summed E-state index contributed by atoms with van der Waals surface area (Å²) in [6.45, 7) is -14.6. The van der Waals surface area contributed by atoms with Gasteiger partial charge in [0.1, 0.15) is 6.50 Å². The lowest BCUT2D eigenvalue weighted by molar-refractivity contribution is -0.137. The number of ether oxygens (including phenoxy) is 1. The molecule has 0 saturated carbocycles. The molecule has 0 aliphatic carbocycles. The van der Waals surface area contributed by atoms with Gasteiger partial charge in [-0.05, 0) is 59.8 Å². The van der Waals surface area contributed by atoms with Crippen LogP contribution < -0.4 is 5.43 Å². The van der Waals surface area contributed by atoms with E-state index in [1.807, 2.05) is 0 Å². The van der Waals surface area contributed by atoms with Gasteiger partial charge in [-0.25, -0.2) is 8.78 Å². The minimum Gasteiger partial charge on any atom is -0.383 e. The number of piperidine rings is 1. The van der Waals surface area contributed by atoms with E-state index in [0.29, 0.717) is 21.9 Å². The van der Waals surface area contributed by atoms with E-state index >= 15 is 4.79 Å². The van der Waals surface area contributed by atoms with E-state index in [1.165, 1.54) is 60.7 Å². The number of fused-ring (bicyclic) bond motifs is 1. The van der Waals surface area contributed by atoms with Crippen molar-refractivity contribution in [3.05, 3.63) is 136 Å². The molecule has 0 atom stereocenters. The Morgan fingerprint density at radius 1 is 1.00 bits per heavy atom. The number of carbonyl (C=O) groups is 1. The SMILES string of the molecule is [2H]C([2H])([2H])OCCN1C([2H])([2H])C([2H])([2H])C([2H])(N(Cc2ccc(-c3ccc(C(F)(F)F)cc3)cc2)C(=O)C([2H])([2H])n2c(SCc3cccc(F)c3F)cc(=O)c3ccccc32)C([2H])([2H])C1([2H])[2H]. The van der Waals surface area contributed by atoms with Gasteiger partial charge in [0.2, 0.25) is 5.91 Å². The highest BCUT2D eigenvalue weighted by atomic mass is 32.2. The lowest BCUT2D eigenvalue weighted by Crippen LogP contribution is -2.48. The zero-order valence-electron chi connectivity index (χ0n) is 40.9. The number of para-hydroxylation sites is 1. The number of methoxy groups -OCH3 is 1. The lowest BCUT2D eigenvalue weighted by atomic mass is 10.00. The highest BCUT2D eigenvalue weighted by Crippen LogP contribution is 2.32. The van der Waals surface area contributed by atoms with E-state index in [2.05, 4.69) is 4.74 Å². The van der Waals surface area contributed by atoms with Crippen LogP contribution in [0.15, 0.2) is 107 Å². The van der Waals surface area contributed by atoms with Gasteiger partial charge < -0.3 is 19.1 Å². The molecule has 0 unspecified atom stereocenters. The Kier molecular flexibility index (Phi) is 7.34. The summed E-state index contributed by atoms with van der Waals surface area (Å²) < 4.78 is 197. The molecule has 0 bridgehead atoms. The fourth-order valence-corrected chi connectivity index (χ4v) is 6.20. The third-order valence-corrected chi connectivity index (χ3v) is 8.94. The molecule has 0 N–H and O–H groups in total. The number of hydrogen-bond acceptors (Lipinski definition) is 5. The first kappa shape index (κ1) is 23.2. The third-order valence-electron chi connectivity index (χ3n) is 7.89. The van der Waals surface area contributed by atoms with Gasteiger partial charge >= 0.3 is 6.18 Å². The molecule has 6 rings (SSSR count). The minimum absolute atomic E-state index is 0.0143. The summed E-state index contributed by atoms with van der Waals surface area (Å²) in [5, 5.41) is -0.589. The number of thioether (sulfide) groups is 1. The van der Waals surface area contributed by atoms with Crippen LogP contribution in [-0.4, -0.2) is 59.5 Å². The van der Waals surface area contributed by atoms with Crippen LogP contribution in [0.3, 0.4) is 0 Å². The molecule has 272 valence electrons. The summed E-state index contributed by atoms with van der Waals surface area (Å²) in [7, 11) is -3.10. The average Bonchev–Trinajstić information content (AvgIpc) is 3.23. The highest BCUT2D eigenvalue weighted by Gasteiger charge is 2.31. The monoisotopic (exact) mass is 749 g/mol. The van der Waals surface area contributed by atoms with Crippen molar-refractivity contribution < 1.29 is 50.7 Å². The largest absolute Gasteiger partial charge is 0.416 e. The molecule has 1 saturated heterocycles. The Morgan fingerprint density at radius 3 is 2.38 bits per heavy atom. The molecule has 1 aliphatic heterocycles. The van der Waals surface area contributed by atoms with Crippen LogP contribution in [0.2, 0.25) is 0 Å². The summed E-state index contributed by atoms with van der Waals surface area (Å²) in [5.74, 6) is -4.93. The fourth-order valence-electron chi connectivity index (χ4n) is 5.21. The predicted octanol–water partition coefficient (Wildman–Crippen LogP) is 8.40. The summed E-state index contributed by atoms with van der Waals surface area (Å²) >= 11 is 0.567. The van der Waals surface area contributed by atoms with Crippen molar-refractivity contribution in [2.45, 2.75) is 48.8 Å². The number of likely N-dealkylation sites (tertiary alicyclic amines) is 1. The van der Waals surface area contributed by atoms with E-state index in [1.54, 1.807) is 0 Å².